The van der Waals surface area contributed by atoms with Crippen LogP contribution in [0.25, 0.3) is 0 Å². The number of nitrogens with zero attached hydrogens (tertiary/aromatic N) is 1. The molecule has 0 aromatic rings. The van der Waals surface area contributed by atoms with Crippen LogP contribution in [0.4, 0.5) is 0 Å². The molecule has 0 bridgehead atoms. The van der Waals surface area contributed by atoms with Gasteiger partial charge in [-0.3, -0.25) is 14.6 Å². The van der Waals surface area contributed by atoms with Gasteiger partial charge in [-0.25, -0.2) is 14.4 Å². The van der Waals surface area contributed by atoms with Crippen LogP contribution in [0.1, 0.15) is 38.5 Å². The second-order valence-corrected chi connectivity index (χ2v) is 5.19. The molecule has 26 heavy (non-hydrogen) atoms. The molecule has 0 radical (unpaired) electrons. The van der Waals surface area contributed by atoms with Crippen molar-refractivity contribution in [2.75, 3.05) is 0 Å². The molecule has 2 unspecified atom stereocenters. The fourth-order valence-corrected chi connectivity index (χ4v) is 1.83. The van der Waals surface area contributed by atoms with Gasteiger partial charge in [0.1, 0.15) is 17.8 Å². The average molecular weight is 378 g/mol. The standard InChI is InChI=1S/C7H11NO5.C7H9NO4.H2O/c8-4(6(10)11)2-1-3-5(9)7(12)13;9-6(10)4-2-1-3-5(8-4)7(11)12;/h4H,1-3,8H2,(H,10,11)(H,12,13);4H,1-3H2,(H,9,10)(H,11,12);1H2. The molecular weight excluding hydrogens is 356 g/mol. The van der Waals surface area contributed by atoms with Crippen molar-refractivity contribution in [3.05, 3.63) is 0 Å². The number of hydrogen-bond acceptors (Lipinski definition) is 7. The van der Waals surface area contributed by atoms with E-state index in [0.717, 1.165) is 0 Å². The summed E-state index contributed by atoms with van der Waals surface area (Å²) in [4.78, 5) is 55.1. The van der Waals surface area contributed by atoms with Gasteiger partial charge in [-0.15, -0.1) is 0 Å². The van der Waals surface area contributed by atoms with Crippen molar-refractivity contribution in [1.29, 1.82) is 0 Å². The van der Waals surface area contributed by atoms with Crippen molar-refractivity contribution >= 4 is 35.4 Å². The monoisotopic (exact) mass is 378 g/mol. The van der Waals surface area contributed by atoms with E-state index in [4.69, 9.17) is 26.2 Å². The maximum Gasteiger partial charge on any atom is 0.372 e. The molecule has 2 atom stereocenters. The van der Waals surface area contributed by atoms with E-state index in [1.807, 2.05) is 0 Å². The van der Waals surface area contributed by atoms with E-state index in [1.165, 1.54) is 0 Å². The van der Waals surface area contributed by atoms with Gasteiger partial charge in [-0.2, -0.15) is 0 Å². The predicted molar refractivity (Wildman–Crippen MR) is 86.1 cm³/mol. The Morgan fingerprint density at radius 1 is 1.12 bits per heavy atom. The lowest BCUT2D eigenvalue weighted by atomic mass is 10.0. The zero-order valence-electron chi connectivity index (χ0n) is 13.8. The molecule has 1 aliphatic rings. The summed E-state index contributed by atoms with van der Waals surface area (Å²) < 4.78 is 0. The number of carbonyl (C=O) groups excluding carboxylic acids is 1. The van der Waals surface area contributed by atoms with Crippen molar-refractivity contribution < 1.29 is 49.9 Å². The molecule has 12 heteroatoms. The number of aliphatic carboxylic acids is 4. The van der Waals surface area contributed by atoms with E-state index in [2.05, 4.69) is 4.99 Å². The van der Waals surface area contributed by atoms with Gasteiger partial charge in [-0.1, -0.05) is 0 Å². The first-order chi connectivity index (χ1) is 11.6. The molecule has 148 valence electrons. The smallest absolute Gasteiger partial charge is 0.372 e. The van der Waals surface area contributed by atoms with Crippen LogP contribution in [-0.2, 0) is 24.0 Å². The van der Waals surface area contributed by atoms with Crippen LogP contribution < -0.4 is 5.73 Å². The summed E-state index contributed by atoms with van der Waals surface area (Å²) in [6.07, 6.45) is 1.51. The number of carbonyl (C=O) groups is 5. The Hall–Kier alpha value is -2.86. The van der Waals surface area contributed by atoms with Crippen molar-refractivity contribution in [2.45, 2.75) is 50.6 Å². The van der Waals surface area contributed by atoms with E-state index in [-0.39, 0.29) is 30.5 Å². The number of nitrogens with two attached hydrogens (primary N) is 1. The highest BCUT2D eigenvalue weighted by molar-refractivity contribution is 6.36. The van der Waals surface area contributed by atoms with Gasteiger partial charge in [0.2, 0.25) is 5.78 Å². The SMILES string of the molecule is NC(CCCC(=O)C(=O)O)C(=O)O.O.O=C(O)C1=NC(C(=O)O)CCC1. The molecule has 8 N–H and O–H groups in total. The fourth-order valence-electron chi connectivity index (χ4n) is 1.83. The Bertz CT molecular complexity index is 572. The van der Waals surface area contributed by atoms with Crippen LogP contribution >= 0.6 is 0 Å². The molecule has 0 aliphatic carbocycles. The lowest BCUT2D eigenvalue weighted by Crippen LogP contribution is -2.30. The topological polar surface area (TPSA) is 236 Å². The first-order valence-electron chi connectivity index (χ1n) is 7.33. The van der Waals surface area contributed by atoms with Crippen molar-refractivity contribution in [3.63, 3.8) is 0 Å². The van der Waals surface area contributed by atoms with Crippen molar-refractivity contribution in [3.8, 4) is 0 Å². The van der Waals surface area contributed by atoms with Crippen LogP contribution in [0.5, 0.6) is 0 Å². The summed E-state index contributed by atoms with van der Waals surface area (Å²) >= 11 is 0. The zero-order chi connectivity index (χ0) is 19.6. The number of carboxylic acid groups (broad SMARTS) is 4. The average Bonchev–Trinajstić information content (AvgIpc) is 2.54. The van der Waals surface area contributed by atoms with Gasteiger partial charge in [0.05, 0.1) is 0 Å². The number of aliphatic imine (C=N–C) groups is 1. The number of carboxylic acids is 4. The van der Waals surface area contributed by atoms with Gasteiger partial charge in [-0.05, 0) is 32.1 Å². The molecular formula is C14H22N2O10. The molecule has 0 saturated carbocycles. The Balaban J connectivity index is 0. The Labute approximate surface area is 147 Å². The highest BCUT2D eigenvalue weighted by Gasteiger charge is 2.23. The second kappa shape index (κ2) is 12.5. The maximum atomic E-state index is 10.5. The third kappa shape index (κ3) is 10.1. The molecule has 0 saturated heterocycles. The Morgan fingerprint density at radius 3 is 2.12 bits per heavy atom. The van der Waals surface area contributed by atoms with Gasteiger partial charge in [0, 0.05) is 6.42 Å². The van der Waals surface area contributed by atoms with Gasteiger partial charge < -0.3 is 31.6 Å². The van der Waals surface area contributed by atoms with Crippen LogP contribution in [-0.4, -0.2) is 73.4 Å². The third-order valence-corrected chi connectivity index (χ3v) is 3.21. The second-order valence-electron chi connectivity index (χ2n) is 5.19. The Kier molecular flexibility index (Phi) is 12.2. The van der Waals surface area contributed by atoms with Gasteiger partial charge in [0.15, 0.2) is 0 Å². The number of rotatable bonds is 8. The predicted octanol–water partition coefficient (Wildman–Crippen LogP) is -1.45. The number of Topliss-reactive ketones (excluding diaryl/α,β-unsaturated/α-hetero) is 1. The molecule has 0 aromatic heterocycles. The summed E-state index contributed by atoms with van der Waals surface area (Å²) in [5, 5.41) is 33.5. The quantitative estimate of drug-likeness (QED) is 0.308. The van der Waals surface area contributed by atoms with Crippen LogP contribution in [0.2, 0.25) is 0 Å². The minimum absolute atomic E-state index is 0. The van der Waals surface area contributed by atoms with E-state index < -0.39 is 41.7 Å². The molecule has 1 heterocycles. The van der Waals surface area contributed by atoms with E-state index in [1.54, 1.807) is 0 Å². The first-order valence-corrected chi connectivity index (χ1v) is 7.33. The molecule has 0 amide bonds. The highest BCUT2D eigenvalue weighted by atomic mass is 16.4. The molecule has 1 aliphatic heterocycles. The Morgan fingerprint density at radius 2 is 1.69 bits per heavy atom. The lowest BCUT2D eigenvalue weighted by molar-refractivity contribution is -0.149. The van der Waals surface area contributed by atoms with E-state index in [0.29, 0.717) is 19.3 Å². The van der Waals surface area contributed by atoms with E-state index in [9.17, 15) is 24.0 Å². The minimum atomic E-state index is -1.50. The molecule has 1 rings (SSSR count). The van der Waals surface area contributed by atoms with Crippen molar-refractivity contribution in [2.24, 2.45) is 10.7 Å². The van der Waals surface area contributed by atoms with Crippen LogP contribution in [0.15, 0.2) is 4.99 Å². The van der Waals surface area contributed by atoms with Crippen LogP contribution in [0, 0.1) is 0 Å². The summed E-state index contributed by atoms with van der Waals surface area (Å²) in [6.45, 7) is 0. The minimum Gasteiger partial charge on any atom is -0.480 e. The lowest BCUT2D eigenvalue weighted by Gasteiger charge is -2.14. The largest absolute Gasteiger partial charge is 0.480 e. The normalized spacial score (nSPS) is 16.7. The summed E-state index contributed by atoms with van der Waals surface area (Å²) in [5.41, 5.74) is 5.10. The number of ketones is 1. The van der Waals surface area contributed by atoms with Gasteiger partial charge >= 0.3 is 23.9 Å². The molecule has 0 fully saturated rings. The van der Waals surface area contributed by atoms with E-state index >= 15 is 0 Å². The number of hydrogen-bond donors (Lipinski definition) is 5. The van der Waals surface area contributed by atoms with Crippen molar-refractivity contribution in [1.82, 2.24) is 0 Å². The fraction of sp³-hybridized carbons (Fsp3) is 0.571. The molecule has 0 spiro atoms. The summed E-state index contributed by atoms with van der Waals surface area (Å²) in [6, 6.07) is -1.88. The molecule has 12 nitrogen and oxygen atoms in total. The zero-order valence-corrected chi connectivity index (χ0v) is 13.8. The maximum absolute atomic E-state index is 10.5. The molecule has 0 aromatic carbocycles. The third-order valence-electron chi connectivity index (χ3n) is 3.21. The van der Waals surface area contributed by atoms with Gasteiger partial charge in [0.25, 0.3) is 0 Å². The highest BCUT2D eigenvalue weighted by Crippen LogP contribution is 2.13. The summed E-state index contributed by atoms with van der Waals surface area (Å²) in [5.74, 6) is -5.72. The first kappa shape index (κ1) is 25.4. The summed E-state index contributed by atoms with van der Waals surface area (Å²) in [7, 11) is 0. The van der Waals surface area contributed by atoms with Crippen LogP contribution in [0.3, 0.4) is 0 Å².